The van der Waals surface area contributed by atoms with Gasteiger partial charge < -0.3 is 30.3 Å². The minimum atomic E-state index is -1.47. The van der Waals surface area contributed by atoms with Gasteiger partial charge in [0, 0.05) is 36.7 Å². The number of carbonyl (C=O) groups excluding carboxylic acids is 1. The van der Waals surface area contributed by atoms with E-state index in [1.54, 1.807) is 22.5 Å². The first-order valence-corrected chi connectivity index (χ1v) is 16.3. The van der Waals surface area contributed by atoms with Gasteiger partial charge in [-0.25, -0.2) is 14.1 Å². The normalized spacial score (nSPS) is 32.8. The monoisotopic (exact) mass is 634 g/mol. The van der Waals surface area contributed by atoms with Crippen molar-refractivity contribution in [3.05, 3.63) is 23.5 Å². The van der Waals surface area contributed by atoms with Crippen molar-refractivity contribution in [3.8, 4) is 0 Å². The highest BCUT2D eigenvalue weighted by Gasteiger charge is 2.54. The number of rotatable bonds is 12. The molecule has 0 radical (unpaired) electrons. The molecule has 2 aromatic heterocycles. The van der Waals surface area contributed by atoms with Gasteiger partial charge in [-0.2, -0.15) is 0 Å². The molecule has 15 heteroatoms. The van der Waals surface area contributed by atoms with Gasteiger partial charge in [0.15, 0.2) is 5.13 Å². The Balaban J connectivity index is 1.11. The number of hydrogen-bond donors (Lipinski definition) is 4. The Morgan fingerprint density at radius 2 is 2.00 bits per heavy atom. The average molecular weight is 635 g/mol. The lowest BCUT2D eigenvalue weighted by molar-refractivity contribution is -0.164. The summed E-state index contributed by atoms with van der Waals surface area (Å²) in [5.41, 5.74) is -0.461. The van der Waals surface area contributed by atoms with E-state index >= 15 is 0 Å². The van der Waals surface area contributed by atoms with Crippen molar-refractivity contribution < 1.29 is 38.5 Å². The molecule has 6 rings (SSSR count). The van der Waals surface area contributed by atoms with Crippen LogP contribution in [0.15, 0.2) is 17.8 Å². The van der Waals surface area contributed by atoms with Crippen LogP contribution in [0.2, 0.25) is 0 Å². The van der Waals surface area contributed by atoms with E-state index in [-0.39, 0.29) is 42.9 Å². The van der Waals surface area contributed by atoms with Crippen LogP contribution < -0.4 is 10.6 Å². The van der Waals surface area contributed by atoms with Crippen LogP contribution in [0.4, 0.5) is 9.52 Å². The van der Waals surface area contributed by atoms with Crippen molar-refractivity contribution >= 4 is 34.3 Å². The molecule has 7 unspecified atom stereocenters. The lowest BCUT2D eigenvalue weighted by atomic mass is 9.68. The number of hydrogen-bond acceptors (Lipinski definition) is 10. The van der Waals surface area contributed by atoms with Gasteiger partial charge in [0.25, 0.3) is 0 Å². The number of thiazole rings is 1. The number of aromatic nitrogens is 4. The number of halogens is 1. The molecule has 0 bridgehead atoms. The maximum Gasteiger partial charge on any atom is 0.315 e. The Kier molecular flexibility index (Phi) is 9.26. The number of amides is 1. The number of alkyl halides is 1. The number of piperidine rings is 1. The zero-order valence-electron chi connectivity index (χ0n) is 24.3. The second kappa shape index (κ2) is 13.2. The summed E-state index contributed by atoms with van der Waals surface area (Å²) in [5.74, 6) is -2.66. The summed E-state index contributed by atoms with van der Waals surface area (Å²) in [7, 11) is 0. The lowest BCUT2D eigenvalue weighted by Gasteiger charge is -2.48. The molecule has 4 aliphatic rings. The molecule has 4 N–H and O–H groups in total. The maximum absolute atomic E-state index is 14.8. The zero-order chi connectivity index (χ0) is 30.8. The smallest absolute Gasteiger partial charge is 0.315 e. The molecule has 1 amide bonds. The van der Waals surface area contributed by atoms with E-state index < -0.39 is 35.5 Å². The van der Waals surface area contributed by atoms with Crippen LogP contribution in [0, 0.1) is 17.8 Å². The Hall–Kier alpha value is -3.01. The van der Waals surface area contributed by atoms with Gasteiger partial charge in [-0.3, -0.25) is 14.4 Å². The number of carbonyl (C=O) groups is 3. The van der Waals surface area contributed by atoms with Crippen LogP contribution in [0.3, 0.4) is 0 Å². The van der Waals surface area contributed by atoms with Crippen LogP contribution >= 0.6 is 11.3 Å². The highest BCUT2D eigenvalue weighted by molar-refractivity contribution is 7.13. The van der Waals surface area contributed by atoms with Crippen LogP contribution in [0.25, 0.3) is 0 Å². The van der Waals surface area contributed by atoms with E-state index in [0.717, 1.165) is 19.4 Å². The van der Waals surface area contributed by atoms with E-state index in [0.29, 0.717) is 62.0 Å². The third-order valence-electron chi connectivity index (χ3n) is 9.83. The van der Waals surface area contributed by atoms with E-state index in [9.17, 15) is 29.0 Å². The number of carboxylic acids is 2. The van der Waals surface area contributed by atoms with Gasteiger partial charge in [-0.05, 0) is 63.3 Å². The number of aliphatic carboxylic acids is 2. The second-order valence-electron chi connectivity index (χ2n) is 12.6. The molecule has 13 nitrogen and oxygen atoms in total. The molecular formula is C29H39FN6O7S. The molecule has 1 aliphatic heterocycles. The first kappa shape index (κ1) is 31.0. The van der Waals surface area contributed by atoms with Crippen molar-refractivity contribution in [2.75, 3.05) is 18.5 Å². The molecule has 2 aromatic rings. The molecule has 240 valence electrons. The number of nitrogens with one attached hydrogen (secondary N) is 2. The summed E-state index contributed by atoms with van der Waals surface area (Å²) in [4.78, 5) is 40.1. The Labute approximate surface area is 257 Å². The number of anilines is 1. The fourth-order valence-corrected chi connectivity index (χ4v) is 7.77. The summed E-state index contributed by atoms with van der Waals surface area (Å²) in [6.07, 6.45) is 5.19. The maximum atomic E-state index is 14.8. The topological polar surface area (TPSA) is 178 Å². The molecule has 44 heavy (non-hydrogen) atoms. The van der Waals surface area contributed by atoms with Gasteiger partial charge in [-0.1, -0.05) is 5.21 Å². The lowest BCUT2D eigenvalue weighted by Crippen LogP contribution is -2.55. The predicted molar refractivity (Wildman–Crippen MR) is 155 cm³/mol. The van der Waals surface area contributed by atoms with Gasteiger partial charge in [0.05, 0.1) is 43.1 Å². The van der Waals surface area contributed by atoms with E-state index in [2.05, 4.69) is 25.9 Å². The van der Waals surface area contributed by atoms with Gasteiger partial charge in [0.2, 0.25) is 5.91 Å². The SMILES string of the molecule is O=C(C[C@H]1NCCC2CC(OCCn3cc(C4(C(=O)O)CC4)nn3)C(OC3CCC(C(=O)O)C(F)C3)CC21)Nc1nccs1. The molecule has 3 saturated carbocycles. The minimum absolute atomic E-state index is 0.0270. The summed E-state index contributed by atoms with van der Waals surface area (Å²) in [5, 5.41) is 35.9. The van der Waals surface area contributed by atoms with Crippen LogP contribution in [0.5, 0.6) is 0 Å². The quantitative estimate of drug-likeness (QED) is 0.270. The second-order valence-corrected chi connectivity index (χ2v) is 13.5. The molecule has 1 saturated heterocycles. The average Bonchev–Trinajstić information content (AvgIpc) is 3.38. The third-order valence-corrected chi connectivity index (χ3v) is 10.5. The molecule has 4 fully saturated rings. The minimum Gasteiger partial charge on any atom is -0.481 e. The van der Waals surface area contributed by atoms with Gasteiger partial charge >= 0.3 is 11.9 Å². The van der Waals surface area contributed by atoms with Crippen LogP contribution in [-0.2, 0) is 35.8 Å². The van der Waals surface area contributed by atoms with Crippen LogP contribution in [-0.4, -0.2) is 91.7 Å². The van der Waals surface area contributed by atoms with E-state index in [1.807, 2.05) is 0 Å². The fourth-order valence-electron chi connectivity index (χ4n) is 7.22. The van der Waals surface area contributed by atoms with Crippen molar-refractivity contribution in [1.82, 2.24) is 25.3 Å². The van der Waals surface area contributed by atoms with E-state index in [4.69, 9.17) is 9.47 Å². The van der Waals surface area contributed by atoms with Crippen molar-refractivity contribution in [3.63, 3.8) is 0 Å². The first-order valence-electron chi connectivity index (χ1n) is 15.4. The number of carboxylic acid groups (broad SMARTS) is 2. The first-order chi connectivity index (χ1) is 21.2. The van der Waals surface area contributed by atoms with E-state index in [1.165, 1.54) is 11.3 Å². The third kappa shape index (κ3) is 6.80. The largest absolute Gasteiger partial charge is 0.481 e. The summed E-state index contributed by atoms with van der Waals surface area (Å²) < 4.78 is 29.3. The Morgan fingerprint density at radius 1 is 1.16 bits per heavy atom. The molecule has 3 heterocycles. The number of nitrogens with zero attached hydrogens (tertiary/aromatic N) is 4. The van der Waals surface area contributed by atoms with Crippen LogP contribution in [0.1, 0.15) is 63.5 Å². The molecular weight excluding hydrogens is 595 g/mol. The fraction of sp³-hybridized carbons (Fsp3) is 0.724. The highest BCUT2D eigenvalue weighted by Crippen LogP contribution is 2.47. The number of fused-ring (bicyclic) bond motifs is 1. The molecule has 0 spiro atoms. The summed E-state index contributed by atoms with van der Waals surface area (Å²) >= 11 is 1.37. The molecule has 0 aromatic carbocycles. The van der Waals surface area contributed by atoms with Crippen molar-refractivity contribution in [2.24, 2.45) is 17.8 Å². The summed E-state index contributed by atoms with van der Waals surface area (Å²) in [6.45, 7) is 1.47. The van der Waals surface area contributed by atoms with Gasteiger partial charge in [0.1, 0.15) is 11.6 Å². The zero-order valence-corrected chi connectivity index (χ0v) is 25.2. The Bertz CT molecular complexity index is 1320. The summed E-state index contributed by atoms with van der Waals surface area (Å²) in [6, 6.07) is -0.0602. The standard InChI is InChI=1S/C29H39FN6O7S/c30-20-12-17(1-2-18(20)26(38)39)43-23-13-19-16(3-6-31-21(19)14-25(37)33-28-32-7-10-44-28)11-22(23)42-9-8-36-15-24(34-35-36)29(4-5-29)27(40)41/h7,10,15-23,31H,1-6,8-9,11-14H2,(H,38,39)(H,40,41)(H,32,33,37)/t16?,17?,18?,19?,20?,21-,22?,23?/m1/s1. The Morgan fingerprint density at radius 3 is 2.70 bits per heavy atom. The highest BCUT2D eigenvalue weighted by atomic mass is 32.1. The van der Waals surface area contributed by atoms with Crippen molar-refractivity contribution in [2.45, 2.75) is 100 Å². The molecule has 3 aliphatic carbocycles. The van der Waals surface area contributed by atoms with Gasteiger partial charge in [-0.15, -0.1) is 16.4 Å². The molecule has 8 atom stereocenters. The number of ether oxygens (including phenoxy) is 2. The predicted octanol–water partition coefficient (Wildman–Crippen LogP) is 2.63. The van der Waals surface area contributed by atoms with Crippen molar-refractivity contribution in [1.29, 1.82) is 0 Å².